The summed E-state index contributed by atoms with van der Waals surface area (Å²) in [5, 5.41) is 9.08. The first kappa shape index (κ1) is 26.2. The van der Waals surface area contributed by atoms with Gasteiger partial charge in [-0.25, -0.2) is 9.97 Å². The number of oxazole rings is 1. The van der Waals surface area contributed by atoms with Crippen molar-refractivity contribution in [2.45, 2.75) is 38.4 Å². The Balaban J connectivity index is 1.19. The summed E-state index contributed by atoms with van der Waals surface area (Å²) >= 11 is 0. The molecule has 0 saturated carbocycles. The van der Waals surface area contributed by atoms with E-state index in [0.717, 1.165) is 54.4 Å². The van der Waals surface area contributed by atoms with E-state index in [0.29, 0.717) is 30.9 Å². The van der Waals surface area contributed by atoms with Crippen LogP contribution in [0.2, 0.25) is 0 Å². The SMILES string of the molecule is OCCc1nccn1CCCOc1ccc(CCc2coc(/C=C/c3ccc(C(F)(F)F)cc3)n2)cc1. The van der Waals surface area contributed by atoms with Gasteiger partial charge in [-0.2, -0.15) is 13.2 Å². The monoisotopic (exact) mass is 511 g/mol. The highest BCUT2D eigenvalue weighted by atomic mass is 19.4. The van der Waals surface area contributed by atoms with Crippen LogP contribution in [0, 0.1) is 0 Å². The molecule has 6 nitrogen and oxygen atoms in total. The minimum Gasteiger partial charge on any atom is -0.494 e. The van der Waals surface area contributed by atoms with Gasteiger partial charge in [0.1, 0.15) is 17.8 Å². The Labute approximate surface area is 213 Å². The third kappa shape index (κ3) is 7.82. The summed E-state index contributed by atoms with van der Waals surface area (Å²) in [6.07, 6.45) is 7.05. The maximum absolute atomic E-state index is 12.7. The largest absolute Gasteiger partial charge is 0.494 e. The minimum absolute atomic E-state index is 0.0839. The summed E-state index contributed by atoms with van der Waals surface area (Å²) in [7, 11) is 0. The van der Waals surface area contributed by atoms with Gasteiger partial charge in [0.25, 0.3) is 0 Å². The molecular formula is C28H28F3N3O3. The number of rotatable bonds is 12. The number of imidazole rings is 1. The van der Waals surface area contributed by atoms with E-state index in [4.69, 9.17) is 14.3 Å². The Kier molecular flexibility index (Phi) is 8.79. The summed E-state index contributed by atoms with van der Waals surface area (Å²) in [6.45, 7) is 1.45. The maximum atomic E-state index is 12.7. The number of benzene rings is 2. The van der Waals surface area contributed by atoms with Crippen molar-refractivity contribution < 1.29 is 27.4 Å². The summed E-state index contributed by atoms with van der Waals surface area (Å²) < 4.78 is 51.3. The third-order valence-corrected chi connectivity index (χ3v) is 5.77. The normalized spacial score (nSPS) is 11.9. The average molecular weight is 512 g/mol. The van der Waals surface area contributed by atoms with Crippen LogP contribution in [0.25, 0.3) is 12.2 Å². The summed E-state index contributed by atoms with van der Waals surface area (Å²) in [5.74, 6) is 2.08. The second-order valence-corrected chi connectivity index (χ2v) is 8.49. The van der Waals surface area contributed by atoms with Crippen LogP contribution in [0.3, 0.4) is 0 Å². The van der Waals surface area contributed by atoms with E-state index in [2.05, 4.69) is 9.97 Å². The van der Waals surface area contributed by atoms with Gasteiger partial charge < -0.3 is 18.8 Å². The molecule has 1 N–H and O–H groups in total. The first-order valence-electron chi connectivity index (χ1n) is 12.0. The lowest BCUT2D eigenvalue weighted by molar-refractivity contribution is -0.137. The van der Waals surface area contributed by atoms with E-state index in [9.17, 15) is 13.2 Å². The molecule has 2 heterocycles. The Morgan fingerprint density at radius 1 is 0.973 bits per heavy atom. The molecule has 0 atom stereocenters. The van der Waals surface area contributed by atoms with E-state index in [1.54, 1.807) is 24.6 Å². The van der Waals surface area contributed by atoms with E-state index >= 15 is 0 Å². The molecule has 4 rings (SSSR count). The van der Waals surface area contributed by atoms with Crippen LogP contribution in [0.4, 0.5) is 13.2 Å². The van der Waals surface area contributed by atoms with Crippen molar-refractivity contribution in [2.75, 3.05) is 13.2 Å². The summed E-state index contributed by atoms with van der Waals surface area (Å²) in [4.78, 5) is 8.67. The van der Waals surface area contributed by atoms with Crippen molar-refractivity contribution in [3.8, 4) is 5.75 Å². The molecule has 9 heteroatoms. The van der Waals surface area contributed by atoms with Crippen molar-refractivity contribution in [1.29, 1.82) is 0 Å². The second kappa shape index (κ2) is 12.4. The number of ether oxygens (including phenoxy) is 1. The van der Waals surface area contributed by atoms with Crippen molar-refractivity contribution in [2.24, 2.45) is 0 Å². The molecule has 0 fully saturated rings. The highest BCUT2D eigenvalue weighted by molar-refractivity contribution is 5.66. The van der Waals surface area contributed by atoms with E-state index in [1.807, 2.05) is 35.0 Å². The van der Waals surface area contributed by atoms with Crippen molar-refractivity contribution in [1.82, 2.24) is 14.5 Å². The number of halogens is 3. The fourth-order valence-corrected chi connectivity index (χ4v) is 3.79. The molecule has 2 aromatic heterocycles. The molecule has 0 aliphatic heterocycles. The highest BCUT2D eigenvalue weighted by Gasteiger charge is 2.29. The number of hydrogen-bond acceptors (Lipinski definition) is 5. The van der Waals surface area contributed by atoms with Gasteiger partial charge >= 0.3 is 6.18 Å². The average Bonchev–Trinajstić information content (AvgIpc) is 3.54. The fourth-order valence-electron chi connectivity index (χ4n) is 3.79. The molecule has 0 amide bonds. The molecule has 0 aliphatic carbocycles. The molecule has 0 spiro atoms. The summed E-state index contributed by atoms with van der Waals surface area (Å²) in [5.41, 5.74) is 1.89. The number of nitrogens with zero attached hydrogens (tertiary/aromatic N) is 3. The third-order valence-electron chi connectivity index (χ3n) is 5.77. The molecule has 0 radical (unpaired) electrons. The Bertz CT molecular complexity index is 1280. The smallest absolute Gasteiger partial charge is 0.416 e. The number of hydrogen-bond donors (Lipinski definition) is 1. The molecule has 0 aliphatic rings. The number of aromatic nitrogens is 3. The van der Waals surface area contributed by atoms with Crippen molar-refractivity contribution in [3.05, 3.63) is 101 Å². The quantitative estimate of drug-likeness (QED) is 0.242. The van der Waals surface area contributed by atoms with Gasteiger partial charge in [0.05, 0.1) is 24.5 Å². The van der Waals surface area contributed by atoms with E-state index in [-0.39, 0.29) is 6.61 Å². The summed E-state index contributed by atoms with van der Waals surface area (Å²) in [6, 6.07) is 12.9. The van der Waals surface area contributed by atoms with Crippen LogP contribution < -0.4 is 4.74 Å². The number of aliphatic hydroxyl groups is 1. The van der Waals surface area contributed by atoms with Crippen molar-refractivity contribution in [3.63, 3.8) is 0 Å². The molecule has 194 valence electrons. The van der Waals surface area contributed by atoms with Crippen molar-refractivity contribution >= 4 is 12.2 Å². The molecular weight excluding hydrogens is 483 g/mol. The van der Waals surface area contributed by atoms with Gasteiger partial charge in [0, 0.05) is 31.4 Å². The van der Waals surface area contributed by atoms with Gasteiger partial charge in [0.15, 0.2) is 0 Å². The van der Waals surface area contributed by atoms with E-state index in [1.165, 1.54) is 12.1 Å². The highest BCUT2D eigenvalue weighted by Crippen LogP contribution is 2.29. The zero-order chi connectivity index (χ0) is 26.1. The van der Waals surface area contributed by atoms with Crippen LogP contribution >= 0.6 is 0 Å². The number of aryl methyl sites for hydroxylation is 3. The van der Waals surface area contributed by atoms with Gasteiger partial charge in [-0.1, -0.05) is 24.3 Å². The predicted octanol–water partition coefficient (Wildman–Crippen LogP) is 5.85. The number of alkyl halides is 3. The van der Waals surface area contributed by atoms with Crippen LogP contribution in [-0.2, 0) is 32.0 Å². The zero-order valence-corrected chi connectivity index (χ0v) is 20.2. The van der Waals surface area contributed by atoms with Crippen LogP contribution in [0.5, 0.6) is 5.75 Å². The lowest BCUT2D eigenvalue weighted by atomic mass is 10.1. The lowest BCUT2D eigenvalue weighted by Gasteiger charge is -2.09. The van der Waals surface area contributed by atoms with E-state index < -0.39 is 11.7 Å². The van der Waals surface area contributed by atoms with Crippen LogP contribution in [0.15, 0.2) is 71.6 Å². The fraction of sp³-hybridized carbons (Fsp3) is 0.286. The van der Waals surface area contributed by atoms with Gasteiger partial charge in [-0.05, 0) is 60.7 Å². The Hall–Kier alpha value is -3.85. The van der Waals surface area contributed by atoms with Gasteiger partial charge in [-0.3, -0.25) is 0 Å². The topological polar surface area (TPSA) is 73.3 Å². The molecule has 2 aromatic carbocycles. The molecule has 0 bridgehead atoms. The lowest BCUT2D eigenvalue weighted by Crippen LogP contribution is -2.08. The zero-order valence-electron chi connectivity index (χ0n) is 20.2. The standard InChI is InChI=1S/C28H28F3N3O3/c29-28(30,31)23-8-2-21(3-9-23)7-13-27-33-24(20-37-27)10-4-22-5-11-25(12-6-22)36-19-1-16-34-17-15-32-26(34)14-18-35/h2-3,5-9,11-13,15,17,20,35H,1,4,10,14,16,18-19H2/b13-7+. The predicted molar refractivity (Wildman–Crippen MR) is 134 cm³/mol. The molecule has 4 aromatic rings. The Morgan fingerprint density at radius 2 is 1.76 bits per heavy atom. The second-order valence-electron chi connectivity index (χ2n) is 8.49. The maximum Gasteiger partial charge on any atom is 0.416 e. The Morgan fingerprint density at radius 3 is 2.49 bits per heavy atom. The van der Waals surface area contributed by atoms with Gasteiger partial charge in [-0.15, -0.1) is 0 Å². The molecule has 0 unspecified atom stereocenters. The number of aliphatic hydroxyl groups excluding tert-OH is 1. The van der Waals surface area contributed by atoms with Crippen LogP contribution in [0.1, 0.15) is 40.5 Å². The minimum atomic E-state index is -4.35. The van der Waals surface area contributed by atoms with Crippen LogP contribution in [-0.4, -0.2) is 32.9 Å². The first-order valence-corrected chi connectivity index (χ1v) is 12.0. The molecule has 0 saturated heterocycles. The molecule has 37 heavy (non-hydrogen) atoms. The first-order chi connectivity index (χ1) is 17.9. The van der Waals surface area contributed by atoms with Gasteiger partial charge in [0.2, 0.25) is 5.89 Å².